The van der Waals surface area contributed by atoms with Crippen molar-refractivity contribution < 1.29 is 23.7 Å². The van der Waals surface area contributed by atoms with E-state index >= 15 is 0 Å². The molecular formula is C12H20O5. The Balaban J connectivity index is 1.81. The summed E-state index contributed by atoms with van der Waals surface area (Å²) in [5, 5.41) is 0. The van der Waals surface area contributed by atoms with E-state index in [2.05, 4.69) is 0 Å². The topological polar surface area (TPSA) is 54.0 Å². The highest BCUT2D eigenvalue weighted by molar-refractivity contribution is 5.69. The second-order valence-electron chi connectivity index (χ2n) is 4.60. The molecule has 0 N–H and O–H groups in total. The monoisotopic (exact) mass is 244 g/mol. The van der Waals surface area contributed by atoms with Crippen molar-refractivity contribution in [3.8, 4) is 0 Å². The fourth-order valence-corrected chi connectivity index (χ4v) is 2.23. The van der Waals surface area contributed by atoms with Crippen LogP contribution in [0.1, 0.15) is 33.1 Å². The number of carbonyl (C=O) groups excluding carboxylic acids is 1. The summed E-state index contributed by atoms with van der Waals surface area (Å²) in [4.78, 5) is 11.3. The highest BCUT2D eigenvalue weighted by Gasteiger charge is 2.42. The van der Waals surface area contributed by atoms with Gasteiger partial charge in [-0.2, -0.15) is 0 Å². The normalized spacial score (nSPS) is 36.6. The molecule has 17 heavy (non-hydrogen) atoms. The molecule has 0 radical (unpaired) electrons. The Morgan fingerprint density at radius 2 is 2.29 bits per heavy atom. The Bertz CT molecular complexity index is 280. The Labute approximate surface area is 101 Å². The lowest BCUT2D eigenvalue weighted by Crippen LogP contribution is -2.48. The second kappa shape index (κ2) is 5.33. The largest absolute Gasteiger partial charge is 0.466 e. The van der Waals surface area contributed by atoms with Gasteiger partial charge in [0.25, 0.3) is 0 Å². The lowest BCUT2D eigenvalue weighted by molar-refractivity contribution is -0.304. The number of hydrogen-bond acceptors (Lipinski definition) is 5. The Morgan fingerprint density at radius 3 is 3.06 bits per heavy atom. The standard InChI is InChI=1S/C12H20O5/c1-3-14-11(13)4-6-12(2)16-8-10-9(17-12)5-7-15-10/h9-10H,3-8H2,1-2H3/t9-,10-,12-/m1/s1. The van der Waals surface area contributed by atoms with Gasteiger partial charge in [0.05, 0.1) is 25.7 Å². The van der Waals surface area contributed by atoms with Crippen molar-refractivity contribution in [2.24, 2.45) is 0 Å². The Morgan fingerprint density at radius 1 is 1.47 bits per heavy atom. The second-order valence-corrected chi connectivity index (χ2v) is 4.60. The van der Waals surface area contributed by atoms with E-state index in [9.17, 15) is 4.79 Å². The molecule has 2 aliphatic heterocycles. The van der Waals surface area contributed by atoms with Crippen LogP contribution in [0.15, 0.2) is 0 Å². The van der Waals surface area contributed by atoms with E-state index in [1.54, 1.807) is 6.92 Å². The first-order chi connectivity index (χ1) is 8.13. The predicted molar refractivity (Wildman–Crippen MR) is 59.5 cm³/mol. The lowest BCUT2D eigenvalue weighted by Gasteiger charge is -2.39. The summed E-state index contributed by atoms with van der Waals surface area (Å²) < 4.78 is 21.9. The van der Waals surface area contributed by atoms with Crippen LogP contribution in [0, 0.1) is 0 Å². The minimum Gasteiger partial charge on any atom is -0.466 e. The number of ether oxygens (including phenoxy) is 4. The summed E-state index contributed by atoms with van der Waals surface area (Å²) in [6.45, 7) is 5.36. The van der Waals surface area contributed by atoms with Gasteiger partial charge in [0.15, 0.2) is 5.79 Å². The van der Waals surface area contributed by atoms with E-state index in [0.717, 1.165) is 13.0 Å². The van der Waals surface area contributed by atoms with Crippen LogP contribution in [0.2, 0.25) is 0 Å². The molecule has 0 aromatic rings. The van der Waals surface area contributed by atoms with Crippen molar-refractivity contribution in [3.05, 3.63) is 0 Å². The maximum absolute atomic E-state index is 11.3. The molecule has 2 fully saturated rings. The predicted octanol–water partition coefficient (Wildman–Crippen LogP) is 1.25. The average Bonchev–Trinajstić information content (AvgIpc) is 2.74. The number of esters is 1. The van der Waals surface area contributed by atoms with Gasteiger partial charge in [-0.3, -0.25) is 4.79 Å². The quantitative estimate of drug-likeness (QED) is 0.697. The zero-order chi connectivity index (χ0) is 12.3. The van der Waals surface area contributed by atoms with Crippen molar-refractivity contribution in [2.45, 2.75) is 51.1 Å². The van der Waals surface area contributed by atoms with Gasteiger partial charge < -0.3 is 18.9 Å². The minimum atomic E-state index is -0.679. The molecular weight excluding hydrogens is 224 g/mol. The van der Waals surface area contributed by atoms with E-state index < -0.39 is 5.79 Å². The molecule has 0 unspecified atom stereocenters. The van der Waals surface area contributed by atoms with Gasteiger partial charge in [-0.15, -0.1) is 0 Å². The maximum atomic E-state index is 11.3. The summed E-state index contributed by atoms with van der Waals surface area (Å²) in [7, 11) is 0. The average molecular weight is 244 g/mol. The van der Waals surface area contributed by atoms with Gasteiger partial charge >= 0.3 is 5.97 Å². The highest BCUT2D eigenvalue weighted by atomic mass is 16.7. The molecule has 0 aromatic carbocycles. The lowest BCUT2D eigenvalue weighted by atomic mass is 10.1. The van der Waals surface area contributed by atoms with Crippen LogP contribution in [0.4, 0.5) is 0 Å². The van der Waals surface area contributed by atoms with E-state index in [1.807, 2.05) is 6.92 Å². The first-order valence-electron chi connectivity index (χ1n) is 6.22. The van der Waals surface area contributed by atoms with E-state index in [-0.39, 0.29) is 18.2 Å². The van der Waals surface area contributed by atoms with Crippen LogP contribution in [0.5, 0.6) is 0 Å². The molecule has 3 atom stereocenters. The van der Waals surface area contributed by atoms with Gasteiger partial charge in [-0.25, -0.2) is 0 Å². The summed E-state index contributed by atoms with van der Waals surface area (Å²) in [6.07, 6.45) is 1.92. The molecule has 2 heterocycles. The van der Waals surface area contributed by atoms with E-state index in [0.29, 0.717) is 26.1 Å². The third kappa shape index (κ3) is 3.18. The SMILES string of the molecule is CCOC(=O)CC[C@]1(C)OC[C@H]2OCC[C@H]2O1. The number of fused-ring (bicyclic) bond motifs is 1. The molecule has 0 aromatic heterocycles. The summed E-state index contributed by atoms with van der Waals surface area (Å²) in [5.74, 6) is -0.882. The molecule has 0 amide bonds. The van der Waals surface area contributed by atoms with E-state index in [4.69, 9.17) is 18.9 Å². The van der Waals surface area contributed by atoms with Gasteiger partial charge in [0, 0.05) is 13.0 Å². The van der Waals surface area contributed by atoms with Crippen molar-refractivity contribution in [3.63, 3.8) is 0 Å². The molecule has 2 saturated heterocycles. The fraction of sp³-hybridized carbons (Fsp3) is 0.917. The van der Waals surface area contributed by atoms with E-state index in [1.165, 1.54) is 0 Å². The van der Waals surface area contributed by atoms with Crippen molar-refractivity contribution in [2.75, 3.05) is 19.8 Å². The van der Waals surface area contributed by atoms with Gasteiger partial charge in [0.2, 0.25) is 0 Å². The van der Waals surface area contributed by atoms with Crippen LogP contribution < -0.4 is 0 Å². The highest BCUT2D eigenvalue weighted by Crippen LogP contribution is 2.32. The molecule has 5 heteroatoms. The van der Waals surface area contributed by atoms with Gasteiger partial charge in [-0.05, 0) is 20.3 Å². The fourth-order valence-electron chi connectivity index (χ4n) is 2.23. The van der Waals surface area contributed by atoms with Crippen LogP contribution in [0.25, 0.3) is 0 Å². The molecule has 0 aliphatic carbocycles. The number of rotatable bonds is 4. The molecule has 0 spiro atoms. The maximum Gasteiger partial charge on any atom is 0.305 e. The summed E-state index contributed by atoms with van der Waals surface area (Å²) in [5.41, 5.74) is 0. The molecule has 2 aliphatic rings. The first kappa shape index (κ1) is 12.8. The van der Waals surface area contributed by atoms with Crippen LogP contribution in [0.3, 0.4) is 0 Å². The molecule has 2 rings (SSSR count). The Hall–Kier alpha value is -0.650. The summed E-state index contributed by atoms with van der Waals surface area (Å²) >= 11 is 0. The summed E-state index contributed by atoms with van der Waals surface area (Å²) in [6, 6.07) is 0. The minimum absolute atomic E-state index is 0.0608. The van der Waals surface area contributed by atoms with Crippen LogP contribution in [-0.2, 0) is 23.7 Å². The third-order valence-electron chi connectivity index (χ3n) is 3.19. The molecule has 0 saturated carbocycles. The first-order valence-corrected chi connectivity index (χ1v) is 6.22. The Kier molecular flexibility index (Phi) is 4.01. The zero-order valence-corrected chi connectivity index (χ0v) is 10.4. The number of hydrogen-bond donors (Lipinski definition) is 0. The molecule has 5 nitrogen and oxygen atoms in total. The molecule has 0 bridgehead atoms. The zero-order valence-electron chi connectivity index (χ0n) is 10.4. The molecule has 98 valence electrons. The van der Waals surface area contributed by atoms with Crippen LogP contribution >= 0.6 is 0 Å². The van der Waals surface area contributed by atoms with Crippen molar-refractivity contribution in [1.29, 1.82) is 0 Å². The number of carbonyl (C=O) groups is 1. The van der Waals surface area contributed by atoms with Gasteiger partial charge in [0.1, 0.15) is 6.10 Å². The smallest absolute Gasteiger partial charge is 0.305 e. The van der Waals surface area contributed by atoms with Crippen LogP contribution in [-0.4, -0.2) is 43.8 Å². The van der Waals surface area contributed by atoms with Gasteiger partial charge in [-0.1, -0.05) is 0 Å². The van der Waals surface area contributed by atoms with Crippen molar-refractivity contribution >= 4 is 5.97 Å². The van der Waals surface area contributed by atoms with Crippen molar-refractivity contribution in [1.82, 2.24) is 0 Å². The third-order valence-corrected chi connectivity index (χ3v) is 3.19.